The topological polar surface area (TPSA) is 58.6 Å². The van der Waals surface area contributed by atoms with Crippen LogP contribution in [0, 0.1) is 9.39 Å². The van der Waals surface area contributed by atoms with Gasteiger partial charge in [0.25, 0.3) is 5.91 Å². The summed E-state index contributed by atoms with van der Waals surface area (Å²) < 4.78 is 19.9. The molecular weight excluding hydrogens is 426 g/mol. The van der Waals surface area contributed by atoms with Crippen LogP contribution in [0.25, 0.3) is 0 Å². The average Bonchev–Trinajstić information content (AvgIpc) is 2.48. The summed E-state index contributed by atoms with van der Waals surface area (Å²) >= 11 is 2.05. The van der Waals surface area contributed by atoms with Crippen LogP contribution in [0.15, 0.2) is 18.2 Å². The summed E-state index contributed by atoms with van der Waals surface area (Å²) in [6.07, 6.45) is 0.795. The molecule has 1 aliphatic heterocycles. The molecule has 1 N–H and O–H groups in total. The summed E-state index contributed by atoms with van der Waals surface area (Å²) in [5.74, 6) is -0.809. The van der Waals surface area contributed by atoms with Gasteiger partial charge in [-0.15, -0.1) is 0 Å². The lowest BCUT2D eigenvalue weighted by Crippen LogP contribution is -2.47. The number of hydrogen-bond acceptors (Lipinski definition) is 3. The fourth-order valence-corrected chi connectivity index (χ4v) is 3.02. The fraction of sp³-hybridized carbons (Fsp3) is 0.529. The zero-order chi connectivity index (χ0) is 17.9. The Morgan fingerprint density at radius 3 is 2.50 bits per heavy atom. The predicted molar refractivity (Wildman–Crippen MR) is 97.4 cm³/mol. The lowest BCUT2D eigenvalue weighted by molar-refractivity contribution is 0.0473. The SMILES string of the molecule is CC(C)(C)OC(=O)NC1CCN(C(=O)c2cc(I)ccc2F)CC1. The highest BCUT2D eigenvalue weighted by Crippen LogP contribution is 2.18. The molecule has 0 atom stereocenters. The van der Waals surface area contributed by atoms with E-state index < -0.39 is 17.5 Å². The smallest absolute Gasteiger partial charge is 0.407 e. The van der Waals surface area contributed by atoms with Gasteiger partial charge < -0.3 is 15.0 Å². The molecule has 7 heteroatoms. The molecule has 1 aliphatic rings. The Bertz CT molecular complexity index is 623. The second-order valence-electron chi connectivity index (χ2n) is 6.84. The van der Waals surface area contributed by atoms with E-state index in [4.69, 9.17) is 4.74 Å². The molecule has 24 heavy (non-hydrogen) atoms. The molecule has 0 saturated carbocycles. The second kappa shape index (κ2) is 7.67. The molecule has 2 rings (SSSR count). The zero-order valence-electron chi connectivity index (χ0n) is 14.1. The van der Waals surface area contributed by atoms with E-state index in [2.05, 4.69) is 27.9 Å². The number of alkyl carbamates (subject to hydrolysis) is 1. The summed E-state index contributed by atoms with van der Waals surface area (Å²) in [5, 5.41) is 2.82. The number of carbonyl (C=O) groups is 2. The van der Waals surface area contributed by atoms with Crippen molar-refractivity contribution >= 4 is 34.6 Å². The van der Waals surface area contributed by atoms with E-state index in [1.807, 2.05) is 20.8 Å². The quantitative estimate of drug-likeness (QED) is 0.705. The van der Waals surface area contributed by atoms with E-state index in [9.17, 15) is 14.0 Å². The number of rotatable bonds is 2. The summed E-state index contributed by atoms with van der Waals surface area (Å²) in [5.41, 5.74) is -0.441. The first-order valence-corrected chi connectivity index (χ1v) is 8.97. The standard InChI is InChI=1S/C17H22FIN2O3/c1-17(2,3)24-16(23)20-12-6-8-21(9-7-12)15(22)13-10-11(19)4-5-14(13)18/h4-5,10,12H,6-9H2,1-3H3,(H,20,23). The number of halogens is 2. The van der Waals surface area contributed by atoms with Crippen molar-refractivity contribution in [2.45, 2.75) is 45.3 Å². The molecule has 0 bridgehead atoms. The first-order valence-electron chi connectivity index (χ1n) is 7.89. The molecule has 0 aromatic heterocycles. The van der Waals surface area contributed by atoms with Crippen LogP contribution in [0.2, 0.25) is 0 Å². The molecule has 1 fully saturated rings. The maximum absolute atomic E-state index is 13.9. The van der Waals surface area contributed by atoms with Crippen molar-refractivity contribution in [2.24, 2.45) is 0 Å². The molecule has 0 unspecified atom stereocenters. The van der Waals surface area contributed by atoms with E-state index in [1.165, 1.54) is 6.07 Å². The normalized spacial score (nSPS) is 16.0. The molecule has 1 saturated heterocycles. The Kier molecular flexibility index (Phi) is 6.06. The first-order chi connectivity index (χ1) is 11.2. The Morgan fingerprint density at radius 1 is 1.29 bits per heavy atom. The van der Waals surface area contributed by atoms with Crippen molar-refractivity contribution < 1.29 is 18.7 Å². The molecular formula is C17H22FIN2O3. The van der Waals surface area contributed by atoms with E-state index in [0.717, 1.165) is 3.57 Å². The molecule has 0 aliphatic carbocycles. The zero-order valence-corrected chi connectivity index (χ0v) is 16.2. The molecule has 0 radical (unpaired) electrons. The number of nitrogens with one attached hydrogen (secondary N) is 1. The third-order valence-corrected chi connectivity index (χ3v) is 4.33. The predicted octanol–water partition coefficient (Wildman–Crippen LogP) is 3.56. The molecule has 1 heterocycles. The number of hydrogen-bond donors (Lipinski definition) is 1. The summed E-state index contributed by atoms with van der Waals surface area (Å²) in [6, 6.07) is 4.46. The van der Waals surface area contributed by atoms with Crippen LogP contribution in [-0.2, 0) is 4.74 Å². The summed E-state index contributed by atoms with van der Waals surface area (Å²) in [4.78, 5) is 25.9. The largest absolute Gasteiger partial charge is 0.444 e. The lowest BCUT2D eigenvalue weighted by atomic mass is 10.0. The van der Waals surface area contributed by atoms with Gasteiger partial charge in [-0.05, 0) is 74.4 Å². The molecule has 5 nitrogen and oxygen atoms in total. The molecule has 1 aromatic carbocycles. The van der Waals surface area contributed by atoms with Crippen molar-refractivity contribution in [1.82, 2.24) is 10.2 Å². The van der Waals surface area contributed by atoms with E-state index in [-0.39, 0.29) is 17.5 Å². The Balaban J connectivity index is 1.89. The number of ether oxygens (including phenoxy) is 1. The third-order valence-electron chi connectivity index (χ3n) is 3.66. The maximum atomic E-state index is 13.9. The number of piperidine rings is 1. The molecule has 2 amide bonds. The monoisotopic (exact) mass is 448 g/mol. The van der Waals surface area contributed by atoms with Crippen LogP contribution in [0.1, 0.15) is 44.0 Å². The van der Waals surface area contributed by atoms with Gasteiger partial charge >= 0.3 is 6.09 Å². The summed E-state index contributed by atoms with van der Waals surface area (Å²) in [6.45, 7) is 6.38. The number of benzene rings is 1. The Hall–Kier alpha value is -1.38. The van der Waals surface area contributed by atoms with Crippen molar-refractivity contribution in [3.63, 3.8) is 0 Å². The van der Waals surface area contributed by atoms with Crippen LogP contribution in [-0.4, -0.2) is 41.6 Å². The second-order valence-corrected chi connectivity index (χ2v) is 8.08. The third kappa shape index (κ3) is 5.32. The van der Waals surface area contributed by atoms with Gasteiger partial charge in [0.05, 0.1) is 5.56 Å². The van der Waals surface area contributed by atoms with Gasteiger partial charge in [-0.3, -0.25) is 4.79 Å². The minimum Gasteiger partial charge on any atom is -0.444 e. The van der Waals surface area contributed by atoms with Gasteiger partial charge in [-0.1, -0.05) is 0 Å². The van der Waals surface area contributed by atoms with Gasteiger partial charge in [-0.25, -0.2) is 9.18 Å². The number of carbonyl (C=O) groups excluding carboxylic acids is 2. The minimum atomic E-state index is -0.539. The highest BCUT2D eigenvalue weighted by atomic mass is 127. The molecule has 1 aromatic rings. The molecule has 0 spiro atoms. The van der Waals surface area contributed by atoms with Gasteiger partial charge in [0.15, 0.2) is 0 Å². The molecule has 132 valence electrons. The van der Waals surface area contributed by atoms with Crippen molar-refractivity contribution in [2.75, 3.05) is 13.1 Å². The van der Waals surface area contributed by atoms with Gasteiger partial charge in [0, 0.05) is 22.7 Å². The average molecular weight is 448 g/mol. The number of nitrogens with zero attached hydrogens (tertiary/aromatic N) is 1. The highest BCUT2D eigenvalue weighted by Gasteiger charge is 2.27. The van der Waals surface area contributed by atoms with Crippen LogP contribution in [0.4, 0.5) is 9.18 Å². The summed E-state index contributed by atoms with van der Waals surface area (Å²) in [7, 11) is 0. The van der Waals surface area contributed by atoms with Gasteiger partial charge in [0.1, 0.15) is 11.4 Å². The Labute approximate surface area is 155 Å². The van der Waals surface area contributed by atoms with Crippen LogP contribution < -0.4 is 5.32 Å². The van der Waals surface area contributed by atoms with Crippen LogP contribution >= 0.6 is 22.6 Å². The van der Waals surface area contributed by atoms with E-state index in [1.54, 1.807) is 17.0 Å². The minimum absolute atomic E-state index is 0.0374. The first kappa shape index (κ1) is 19.0. The van der Waals surface area contributed by atoms with E-state index in [0.29, 0.717) is 25.9 Å². The lowest BCUT2D eigenvalue weighted by Gasteiger charge is -2.33. The van der Waals surface area contributed by atoms with Crippen molar-refractivity contribution in [3.05, 3.63) is 33.1 Å². The maximum Gasteiger partial charge on any atom is 0.407 e. The van der Waals surface area contributed by atoms with Gasteiger partial charge in [0.2, 0.25) is 0 Å². The van der Waals surface area contributed by atoms with Crippen molar-refractivity contribution in [3.8, 4) is 0 Å². The fourth-order valence-electron chi connectivity index (χ4n) is 2.53. The van der Waals surface area contributed by atoms with Crippen LogP contribution in [0.5, 0.6) is 0 Å². The number of amides is 2. The van der Waals surface area contributed by atoms with Gasteiger partial charge in [-0.2, -0.15) is 0 Å². The Morgan fingerprint density at radius 2 is 1.92 bits per heavy atom. The van der Waals surface area contributed by atoms with E-state index >= 15 is 0 Å². The highest BCUT2D eigenvalue weighted by molar-refractivity contribution is 14.1. The van der Waals surface area contributed by atoms with Crippen molar-refractivity contribution in [1.29, 1.82) is 0 Å². The number of likely N-dealkylation sites (tertiary alicyclic amines) is 1. The van der Waals surface area contributed by atoms with Crippen LogP contribution in [0.3, 0.4) is 0 Å².